The fourth-order valence-corrected chi connectivity index (χ4v) is 3.43. The monoisotopic (exact) mass is 388 g/mol. The predicted octanol–water partition coefficient (Wildman–Crippen LogP) is 1.45. The van der Waals surface area contributed by atoms with Crippen LogP contribution in [0.15, 0.2) is 29.1 Å². The Morgan fingerprint density at radius 3 is 2.61 bits per heavy atom. The summed E-state index contributed by atoms with van der Waals surface area (Å²) in [5, 5.41) is 10.3. The third-order valence-electron chi connectivity index (χ3n) is 5.04. The van der Waals surface area contributed by atoms with E-state index in [1.54, 1.807) is 12.1 Å². The number of fused-ring (bicyclic) bond motifs is 1. The first kappa shape index (κ1) is 20.2. The quantitative estimate of drug-likeness (QED) is 0.755. The predicted molar refractivity (Wildman–Crippen MR) is 103 cm³/mol. The molecule has 1 aromatic heterocycles. The lowest BCUT2D eigenvalue weighted by Crippen LogP contribution is -2.45. The molecule has 0 saturated carbocycles. The van der Waals surface area contributed by atoms with Crippen molar-refractivity contribution in [3.8, 4) is 5.75 Å². The molecule has 3 rings (SSSR count). The van der Waals surface area contributed by atoms with Crippen molar-refractivity contribution in [3.63, 3.8) is 0 Å². The number of nitrogens with zero attached hydrogens (tertiary/aromatic N) is 4. The van der Waals surface area contributed by atoms with E-state index in [0.717, 1.165) is 5.56 Å². The molecule has 2 heterocycles. The first-order valence-corrected chi connectivity index (χ1v) is 9.24. The Kier molecular flexibility index (Phi) is 5.90. The van der Waals surface area contributed by atoms with Crippen LogP contribution in [-0.2, 0) is 13.0 Å². The van der Waals surface area contributed by atoms with Crippen molar-refractivity contribution in [2.75, 3.05) is 34.2 Å². The number of Topliss-reactive ketones (excluding diaryl/α,β-unsaturated/α-hetero) is 1. The summed E-state index contributed by atoms with van der Waals surface area (Å²) < 4.78 is 14.5. The van der Waals surface area contributed by atoms with Crippen LogP contribution in [0.3, 0.4) is 0 Å². The van der Waals surface area contributed by atoms with E-state index in [0.29, 0.717) is 31.9 Å². The number of rotatable bonds is 6. The molecule has 1 aromatic carbocycles. The first-order valence-electron chi connectivity index (χ1n) is 9.24. The van der Waals surface area contributed by atoms with Crippen molar-refractivity contribution >= 4 is 5.78 Å². The van der Waals surface area contributed by atoms with Gasteiger partial charge in [0.25, 0.3) is 5.56 Å². The molecule has 0 saturated heterocycles. The lowest BCUT2D eigenvalue weighted by atomic mass is 10.0. The van der Waals surface area contributed by atoms with Gasteiger partial charge in [-0.25, -0.2) is 9.37 Å². The number of aromatic nitrogens is 2. The third-order valence-corrected chi connectivity index (χ3v) is 5.04. The summed E-state index contributed by atoms with van der Waals surface area (Å²) >= 11 is 0. The van der Waals surface area contributed by atoms with E-state index < -0.39 is 17.1 Å². The summed E-state index contributed by atoms with van der Waals surface area (Å²) in [4.78, 5) is 33.8. The maximum absolute atomic E-state index is 13.0. The lowest BCUT2D eigenvalue weighted by Gasteiger charge is -2.35. The summed E-state index contributed by atoms with van der Waals surface area (Å²) in [6.07, 6.45) is 0.447. The molecule has 0 aliphatic carbocycles. The number of aromatic hydroxyl groups is 1. The van der Waals surface area contributed by atoms with Crippen molar-refractivity contribution in [2.24, 2.45) is 0 Å². The van der Waals surface area contributed by atoms with Crippen LogP contribution in [0, 0.1) is 5.82 Å². The number of benzene rings is 1. The van der Waals surface area contributed by atoms with Gasteiger partial charge in [0.05, 0.1) is 6.04 Å². The Bertz CT molecular complexity index is 924. The van der Waals surface area contributed by atoms with Crippen LogP contribution in [0.1, 0.15) is 34.3 Å². The average Bonchev–Trinajstić information content (AvgIpc) is 2.65. The van der Waals surface area contributed by atoms with Gasteiger partial charge in [-0.1, -0.05) is 12.1 Å². The van der Waals surface area contributed by atoms with Crippen LogP contribution in [0.4, 0.5) is 4.39 Å². The van der Waals surface area contributed by atoms with Crippen LogP contribution in [0.25, 0.3) is 0 Å². The molecule has 1 aliphatic heterocycles. The molecule has 0 amide bonds. The minimum Gasteiger partial charge on any atom is -0.501 e. The molecule has 8 heteroatoms. The number of hydrogen-bond acceptors (Lipinski definition) is 6. The van der Waals surface area contributed by atoms with Crippen molar-refractivity contribution in [1.82, 2.24) is 19.4 Å². The summed E-state index contributed by atoms with van der Waals surface area (Å²) in [5.41, 5.74) is 0.0403. The number of carbonyl (C=O) groups is 1. The van der Waals surface area contributed by atoms with E-state index in [-0.39, 0.29) is 24.0 Å². The number of likely N-dealkylation sites (N-methyl/N-ethyl adjacent to an activating group) is 2. The van der Waals surface area contributed by atoms with E-state index in [1.807, 2.05) is 26.0 Å². The molecule has 1 N–H and O–H groups in total. The van der Waals surface area contributed by atoms with Crippen molar-refractivity contribution in [1.29, 1.82) is 0 Å². The largest absolute Gasteiger partial charge is 0.501 e. The highest BCUT2D eigenvalue weighted by Gasteiger charge is 2.31. The smallest absolute Gasteiger partial charge is 0.296 e. The Morgan fingerprint density at radius 2 is 1.96 bits per heavy atom. The van der Waals surface area contributed by atoms with Crippen LogP contribution in [0.5, 0.6) is 5.75 Å². The molecule has 28 heavy (non-hydrogen) atoms. The standard InChI is InChI=1S/C20H25FN4O3/c1-23(2)12-15-19-22-17(18(27)20(28)25(19)11-10-24(15)3)16(26)9-6-13-4-7-14(21)8-5-13/h4-5,7-8,15,27H,6,9-12H2,1-3H3. The molecule has 0 radical (unpaired) electrons. The topological polar surface area (TPSA) is 78.7 Å². The fourth-order valence-electron chi connectivity index (χ4n) is 3.43. The van der Waals surface area contributed by atoms with Gasteiger partial charge in [-0.05, 0) is 45.3 Å². The molecular weight excluding hydrogens is 363 g/mol. The SMILES string of the molecule is CN(C)CC1c2nc(C(=O)CCc3ccc(F)cc3)c(O)c(=O)n2CCN1C. The van der Waals surface area contributed by atoms with Crippen molar-refractivity contribution < 1.29 is 14.3 Å². The second-order valence-corrected chi connectivity index (χ2v) is 7.43. The minimum atomic E-state index is -0.596. The van der Waals surface area contributed by atoms with Gasteiger partial charge in [0, 0.05) is 26.1 Å². The molecule has 150 valence electrons. The highest BCUT2D eigenvalue weighted by molar-refractivity contribution is 5.96. The minimum absolute atomic E-state index is 0.0727. The molecule has 0 fully saturated rings. The van der Waals surface area contributed by atoms with E-state index in [2.05, 4.69) is 9.88 Å². The maximum atomic E-state index is 13.0. The lowest BCUT2D eigenvalue weighted by molar-refractivity contribution is 0.0970. The van der Waals surface area contributed by atoms with Gasteiger partial charge >= 0.3 is 0 Å². The number of carbonyl (C=O) groups excluding carboxylic acids is 1. The molecule has 0 spiro atoms. The zero-order valence-electron chi connectivity index (χ0n) is 16.4. The Balaban J connectivity index is 1.90. The highest BCUT2D eigenvalue weighted by Crippen LogP contribution is 2.24. The van der Waals surface area contributed by atoms with Crippen LogP contribution in [-0.4, -0.2) is 64.5 Å². The number of hydrogen-bond donors (Lipinski definition) is 1. The van der Waals surface area contributed by atoms with E-state index in [9.17, 15) is 19.1 Å². The van der Waals surface area contributed by atoms with E-state index >= 15 is 0 Å². The van der Waals surface area contributed by atoms with Gasteiger partial charge in [0.2, 0.25) is 5.75 Å². The van der Waals surface area contributed by atoms with Crippen LogP contribution >= 0.6 is 0 Å². The second-order valence-electron chi connectivity index (χ2n) is 7.43. The fraction of sp³-hybridized carbons (Fsp3) is 0.450. The Morgan fingerprint density at radius 1 is 1.29 bits per heavy atom. The first-order chi connectivity index (χ1) is 13.3. The average molecular weight is 388 g/mol. The Labute approximate surface area is 163 Å². The van der Waals surface area contributed by atoms with E-state index in [4.69, 9.17) is 0 Å². The second kappa shape index (κ2) is 8.20. The summed E-state index contributed by atoms with van der Waals surface area (Å²) in [7, 11) is 5.81. The van der Waals surface area contributed by atoms with Gasteiger partial charge < -0.3 is 10.0 Å². The summed E-state index contributed by atoms with van der Waals surface area (Å²) in [5.74, 6) is -0.844. The van der Waals surface area contributed by atoms with Crippen LogP contribution < -0.4 is 5.56 Å². The summed E-state index contributed by atoms with van der Waals surface area (Å²) in [6, 6.07) is 5.74. The van der Waals surface area contributed by atoms with Gasteiger partial charge in [-0.3, -0.25) is 19.1 Å². The van der Waals surface area contributed by atoms with Crippen LogP contribution in [0.2, 0.25) is 0 Å². The molecule has 2 aromatic rings. The molecular formula is C20H25FN4O3. The summed E-state index contributed by atoms with van der Waals surface area (Å²) in [6.45, 7) is 1.71. The van der Waals surface area contributed by atoms with Gasteiger partial charge in [-0.2, -0.15) is 0 Å². The van der Waals surface area contributed by atoms with Gasteiger partial charge in [0.1, 0.15) is 11.6 Å². The molecule has 1 atom stereocenters. The van der Waals surface area contributed by atoms with Crippen molar-refractivity contribution in [2.45, 2.75) is 25.4 Å². The molecule has 1 aliphatic rings. The van der Waals surface area contributed by atoms with E-state index in [1.165, 1.54) is 16.7 Å². The maximum Gasteiger partial charge on any atom is 0.296 e. The molecule has 0 bridgehead atoms. The zero-order chi connectivity index (χ0) is 20.4. The third kappa shape index (κ3) is 4.13. The normalized spacial score (nSPS) is 17.0. The zero-order valence-corrected chi connectivity index (χ0v) is 16.4. The highest BCUT2D eigenvalue weighted by atomic mass is 19.1. The van der Waals surface area contributed by atoms with Gasteiger partial charge in [0.15, 0.2) is 11.5 Å². The number of ketones is 1. The Hall–Kier alpha value is -2.58. The molecule has 1 unspecified atom stereocenters. The number of halogens is 1. The number of aryl methyl sites for hydroxylation is 1. The van der Waals surface area contributed by atoms with Gasteiger partial charge in [-0.15, -0.1) is 0 Å². The van der Waals surface area contributed by atoms with Crippen molar-refractivity contribution in [3.05, 3.63) is 57.5 Å². The molecule has 7 nitrogen and oxygen atoms in total.